The van der Waals surface area contributed by atoms with E-state index in [4.69, 9.17) is 10.5 Å². The van der Waals surface area contributed by atoms with Gasteiger partial charge in [0.1, 0.15) is 5.75 Å². The number of hydrogen-bond donors (Lipinski definition) is 1. The van der Waals surface area contributed by atoms with Crippen LogP contribution < -0.4 is 10.5 Å². The van der Waals surface area contributed by atoms with Gasteiger partial charge in [-0.05, 0) is 25.1 Å². The van der Waals surface area contributed by atoms with Crippen LogP contribution in [0.25, 0.3) is 0 Å². The molecule has 0 aliphatic rings. The molecule has 3 heteroatoms. The molecule has 0 saturated heterocycles. The zero-order valence-electron chi connectivity index (χ0n) is 14.9. The maximum Gasteiger partial charge on any atom is 0.124 e. The maximum atomic E-state index is 6.11. The number of ether oxygens (including phenoxy) is 1. The molecule has 2 aromatic rings. The molecule has 1 unspecified atom stereocenters. The van der Waals surface area contributed by atoms with Crippen molar-refractivity contribution >= 4 is 0 Å². The van der Waals surface area contributed by atoms with Crippen molar-refractivity contribution in [3.8, 4) is 5.75 Å². The summed E-state index contributed by atoms with van der Waals surface area (Å²) in [6, 6.07) is 18.9. The Labute approximate surface area is 146 Å². The van der Waals surface area contributed by atoms with E-state index in [1.807, 2.05) is 12.1 Å². The molecule has 0 aromatic heterocycles. The zero-order chi connectivity index (χ0) is 17.2. The summed E-state index contributed by atoms with van der Waals surface area (Å²) < 4.78 is 6.04. The zero-order valence-corrected chi connectivity index (χ0v) is 14.9. The second-order valence-corrected chi connectivity index (χ2v) is 6.25. The van der Waals surface area contributed by atoms with Gasteiger partial charge in [-0.15, -0.1) is 0 Å². The fourth-order valence-electron chi connectivity index (χ4n) is 2.95. The van der Waals surface area contributed by atoms with Crippen LogP contribution in [0.15, 0.2) is 54.6 Å². The van der Waals surface area contributed by atoms with Crippen molar-refractivity contribution in [2.75, 3.05) is 20.2 Å². The second-order valence-electron chi connectivity index (χ2n) is 6.25. The van der Waals surface area contributed by atoms with Crippen molar-refractivity contribution in [1.29, 1.82) is 0 Å². The number of unbranched alkanes of at least 4 members (excludes halogenated alkanes) is 2. The lowest BCUT2D eigenvalue weighted by atomic mass is 10.0. The predicted octanol–water partition coefficient (Wildman–Crippen LogP) is 4.39. The average molecular weight is 326 g/mol. The van der Waals surface area contributed by atoms with Gasteiger partial charge in [-0.3, -0.25) is 4.90 Å². The molecule has 2 N–H and O–H groups in total. The summed E-state index contributed by atoms with van der Waals surface area (Å²) in [5.41, 5.74) is 8.57. The summed E-state index contributed by atoms with van der Waals surface area (Å²) in [7, 11) is 2.12. The molecule has 1 atom stereocenters. The largest absolute Gasteiger partial charge is 0.493 e. The minimum atomic E-state index is 0.146. The highest BCUT2D eigenvalue weighted by Gasteiger charge is 2.19. The Balaban J connectivity index is 2.08. The fraction of sp³-hybridized carbons (Fsp3) is 0.429. The van der Waals surface area contributed by atoms with E-state index in [2.05, 4.69) is 61.3 Å². The van der Waals surface area contributed by atoms with Crippen LogP contribution in [0.5, 0.6) is 5.75 Å². The van der Waals surface area contributed by atoms with Crippen LogP contribution in [0.4, 0.5) is 0 Å². The fourth-order valence-corrected chi connectivity index (χ4v) is 2.95. The van der Waals surface area contributed by atoms with E-state index in [-0.39, 0.29) is 6.04 Å². The first kappa shape index (κ1) is 18.5. The Morgan fingerprint density at radius 3 is 2.42 bits per heavy atom. The molecule has 24 heavy (non-hydrogen) atoms. The summed E-state index contributed by atoms with van der Waals surface area (Å²) in [6.07, 6.45) is 3.50. The standard InChI is InChI=1S/C21H30N2O/c1-3-4-10-15-24-21-14-9-8-13-19(21)20(16-22)23(2)17-18-11-6-5-7-12-18/h5-9,11-14,20H,3-4,10,15-17,22H2,1-2H3. The Bertz CT molecular complexity index is 585. The highest BCUT2D eigenvalue weighted by molar-refractivity contribution is 5.36. The third-order valence-corrected chi connectivity index (χ3v) is 4.31. The summed E-state index contributed by atoms with van der Waals surface area (Å²) >= 11 is 0. The van der Waals surface area contributed by atoms with E-state index in [9.17, 15) is 0 Å². The van der Waals surface area contributed by atoms with Gasteiger partial charge in [0.25, 0.3) is 0 Å². The molecule has 130 valence electrons. The summed E-state index contributed by atoms with van der Waals surface area (Å²) in [4.78, 5) is 2.30. The Hall–Kier alpha value is -1.84. The van der Waals surface area contributed by atoms with Crippen molar-refractivity contribution < 1.29 is 4.74 Å². The van der Waals surface area contributed by atoms with E-state index >= 15 is 0 Å². The molecular formula is C21H30N2O. The highest BCUT2D eigenvalue weighted by Crippen LogP contribution is 2.29. The van der Waals surface area contributed by atoms with Crippen molar-refractivity contribution in [2.45, 2.75) is 38.8 Å². The van der Waals surface area contributed by atoms with Crippen LogP contribution in [-0.4, -0.2) is 25.1 Å². The topological polar surface area (TPSA) is 38.5 Å². The van der Waals surface area contributed by atoms with Crippen molar-refractivity contribution in [1.82, 2.24) is 4.90 Å². The molecule has 0 bridgehead atoms. The number of para-hydroxylation sites is 1. The smallest absolute Gasteiger partial charge is 0.124 e. The van der Waals surface area contributed by atoms with Gasteiger partial charge in [0.05, 0.1) is 12.6 Å². The molecule has 3 nitrogen and oxygen atoms in total. The number of rotatable bonds is 10. The van der Waals surface area contributed by atoms with Gasteiger partial charge in [0, 0.05) is 18.7 Å². The molecule has 2 rings (SSSR count). The van der Waals surface area contributed by atoms with E-state index in [1.165, 1.54) is 24.0 Å². The minimum Gasteiger partial charge on any atom is -0.493 e. The molecule has 0 aliphatic heterocycles. The number of likely N-dealkylation sites (N-methyl/N-ethyl adjacent to an activating group) is 1. The third-order valence-electron chi connectivity index (χ3n) is 4.31. The van der Waals surface area contributed by atoms with Crippen LogP contribution in [0, 0.1) is 0 Å². The molecule has 0 amide bonds. The molecule has 0 aliphatic carbocycles. The molecule has 0 fully saturated rings. The van der Waals surface area contributed by atoms with Gasteiger partial charge in [0.2, 0.25) is 0 Å². The minimum absolute atomic E-state index is 0.146. The first-order valence-corrected chi connectivity index (χ1v) is 8.92. The summed E-state index contributed by atoms with van der Waals surface area (Å²) in [6.45, 7) is 4.41. The predicted molar refractivity (Wildman–Crippen MR) is 101 cm³/mol. The van der Waals surface area contributed by atoms with Crippen LogP contribution in [0.1, 0.15) is 43.4 Å². The van der Waals surface area contributed by atoms with Crippen molar-refractivity contribution in [2.24, 2.45) is 5.73 Å². The molecular weight excluding hydrogens is 296 g/mol. The number of hydrogen-bond acceptors (Lipinski definition) is 3. The monoisotopic (exact) mass is 326 g/mol. The molecule has 0 heterocycles. The number of benzene rings is 2. The molecule has 0 spiro atoms. The van der Waals surface area contributed by atoms with E-state index in [0.717, 1.165) is 25.3 Å². The third kappa shape index (κ3) is 5.36. The van der Waals surface area contributed by atoms with Gasteiger partial charge in [-0.1, -0.05) is 68.3 Å². The summed E-state index contributed by atoms with van der Waals surface area (Å²) in [5, 5.41) is 0. The van der Waals surface area contributed by atoms with Crippen LogP contribution in [-0.2, 0) is 6.54 Å². The molecule has 0 saturated carbocycles. The molecule has 2 aromatic carbocycles. The quantitative estimate of drug-likeness (QED) is 0.658. The van der Waals surface area contributed by atoms with Gasteiger partial charge < -0.3 is 10.5 Å². The van der Waals surface area contributed by atoms with Gasteiger partial charge in [-0.2, -0.15) is 0 Å². The first-order chi connectivity index (χ1) is 11.8. The molecule has 0 radical (unpaired) electrons. The summed E-state index contributed by atoms with van der Waals surface area (Å²) in [5.74, 6) is 0.962. The van der Waals surface area contributed by atoms with E-state index in [0.29, 0.717) is 6.54 Å². The highest BCUT2D eigenvalue weighted by atomic mass is 16.5. The SMILES string of the molecule is CCCCCOc1ccccc1C(CN)N(C)Cc1ccccc1. The van der Waals surface area contributed by atoms with Crippen LogP contribution in [0.3, 0.4) is 0 Å². The normalized spacial score (nSPS) is 12.3. The lowest BCUT2D eigenvalue weighted by Crippen LogP contribution is -2.30. The number of nitrogens with zero attached hydrogens (tertiary/aromatic N) is 1. The average Bonchev–Trinajstić information content (AvgIpc) is 2.61. The van der Waals surface area contributed by atoms with Gasteiger partial charge in [-0.25, -0.2) is 0 Å². The number of nitrogens with two attached hydrogens (primary N) is 1. The van der Waals surface area contributed by atoms with E-state index < -0.39 is 0 Å². The second kappa shape index (κ2) is 10.1. The van der Waals surface area contributed by atoms with Gasteiger partial charge in [0.15, 0.2) is 0 Å². The van der Waals surface area contributed by atoms with Crippen molar-refractivity contribution in [3.63, 3.8) is 0 Å². The van der Waals surface area contributed by atoms with Gasteiger partial charge >= 0.3 is 0 Å². The Morgan fingerprint density at radius 2 is 1.71 bits per heavy atom. The van der Waals surface area contributed by atoms with Crippen LogP contribution >= 0.6 is 0 Å². The van der Waals surface area contributed by atoms with Crippen molar-refractivity contribution in [3.05, 3.63) is 65.7 Å². The van der Waals surface area contributed by atoms with E-state index in [1.54, 1.807) is 0 Å². The Kier molecular flexibility index (Phi) is 7.80. The maximum absolute atomic E-state index is 6.11. The Morgan fingerprint density at radius 1 is 1.00 bits per heavy atom. The lowest BCUT2D eigenvalue weighted by molar-refractivity contribution is 0.230. The van der Waals surface area contributed by atoms with Crippen LogP contribution in [0.2, 0.25) is 0 Å². The first-order valence-electron chi connectivity index (χ1n) is 8.92. The lowest BCUT2D eigenvalue weighted by Gasteiger charge is -2.29.